The Bertz CT molecular complexity index is 915. The predicted octanol–water partition coefficient (Wildman–Crippen LogP) is 3.67. The molecule has 0 aliphatic rings. The molecule has 0 aliphatic heterocycles. The van der Waals surface area contributed by atoms with Gasteiger partial charge in [-0.05, 0) is 62.1 Å². The second kappa shape index (κ2) is 7.51. The molecule has 136 valence electrons. The van der Waals surface area contributed by atoms with Crippen molar-refractivity contribution >= 4 is 28.7 Å². The summed E-state index contributed by atoms with van der Waals surface area (Å²) in [7, 11) is 1.80. The van der Waals surface area contributed by atoms with Gasteiger partial charge in [0.1, 0.15) is 11.0 Å². The fourth-order valence-electron chi connectivity index (χ4n) is 2.80. The van der Waals surface area contributed by atoms with Crippen LogP contribution in [0.4, 0.5) is 0 Å². The van der Waals surface area contributed by atoms with Crippen molar-refractivity contribution in [2.24, 2.45) is 0 Å². The molecule has 1 amide bonds. The smallest absolute Gasteiger partial charge is 0.253 e. The van der Waals surface area contributed by atoms with E-state index >= 15 is 0 Å². The number of nitrogens with zero attached hydrogens (tertiary/aromatic N) is 3. The van der Waals surface area contributed by atoms with E-state index in [0.29, 0.717) is 18.5 Å². The van der Waals surface area contributed by atoms with Gasteiger partial charge in [0.2, 0.25) is 0 Å². The maximum atomic E-state index is 12.8. The normalized spacial score (nSPS) is 11.7. The van der Waals surface area contributed by atoms with Crippen LogP contribution in [0.2, 0.25) is 0 Å². The Hall–Kier alpha value is -2.31. The highest BCUT2D eigenvalue weighted by Crippen LogP contribution is 2.17. The van der Waals surface area contributed by atoms with Gasteiger partial charge < -0.3 is 10.0 Å². The van der Waals surface area contributed by atoms with E-state index in [1.807, 2.05) is 42.5 Å². The summed E-state index contributed by atoms with van der Waals surface area (Å²) in [6, 6.07) is 13.5. The van der Waals surface area contributed by atoms with Gasteiger partial charge in [0, 0.05) is 19.2 Å². The van der Waals surface area contributed by atoms with Crippen molar-refractivity contribution in [2.75, 3.05) is 7.05 Å². The zero-order chi connectivity index (χ0) is 18.7. The fourth-order valence-corrected chi connectivity index (χ4v) is 3.32. The van der Waals surface area contributed by atoms with Crippen LogP contribution >= 0.6 is 11.7 Å². The Morgan fingerprint density at radius 2 is 1.88 bits per heavy atom. The number of aromatic nitrogens is 2. The molecule has 0 fully saturated rings. The van der Waals surface area contributed by atoms with Gasteiger partial charge in [-0.3, -0.25) is 4.79 Å². The minimum absolute atomic E-state index is 0.0217. The van der Waals surface area contributed by atoms with E-state index in [0.717, 1.165) is 28.6 Å². The zero-order valence-corrected chi connectivity index (χ0v) is 16.1. The lowest BCUT2D eigenvalue weighted by atomic mass is 9.98. The van der Waals surface area contributed by atoms with Crippen molar-refractivity contribution < 1.29 is 9.90 Å². The molecule has 6 heteroatoms. The van der Waals surface area contributed by atoms with Crippen LogP contribution in [0.1, 0.15) is 41.8 Å². The summed E-state index contributed by atoms with van der Waals surface area (Å²) in [6.07, 6.45) is 1.39. The maximum absolute atomic E-state index is 12.8. The SMILES string of the molecule is CN(Cc1ccc2nsnc2c1)C(=O)c1cccc(CCC(C)(C)O)c1. The molecule has 0 unspecified atom stereocenters. The van der Waals surface area contributed by atoms with E-state index in [2.05, 4.69) is 8.75 Å². The average Bonchev–Trinajstić information content (AvgIpc) is 3.06. The molecular formula is C20H23N3O2S. The van der Waals surface area contributed by atoms with Gasteiger partial charge in [0.05, 0.1) is 17.3 Å². The first-order chi connectivity index (χ1) is 12.3. The summed E-state index contributed by atoms with van der Waals surface area (Å²) in [5, 5.41) is 9.89. The lowest BCUT2D eigenvalue weighted by Gasteiger charge is -2.19. The molecule has 1 aromatic heterocycles. The Labute approximate surface area is 157 Å². The van der Waals surface area contributed by atoms with Gasteiger partial charge in [-0.15, -0.1) is 0 Å². The number of benzene rings is 2. The molecule has 0 bridgehead atoms. The van der Waals surface area contributed by atoms with Crippen LogP contribution < -0.4 is 0 Å². The Balaban J connectivity index is 1.69. The number of rotatable bonds is 6. The van der Waals surface area contributed by atoms with E-state index in [-0.39, 0.29) is 5.91 Å². The molecule has 26 heavy (non-hydrogen) atoms. The first-order valence-electron chi connectivity index (χ1n) is 8.60. The lowest BCUT2D eigenvalue weighted by molar-refractivity contribution is 0.0714. The monoisotopic (exact) mass is 369 g/mol. The summed E-state index contributed by atoms with van der Waals surface area (Å²) >= 11 is 1.19. The second-order valence-corrected chi connectivity index (χ2v) is 7.79. The van der Waals surface area contributed by atoms with Gasteiger partial charge in [-0.25, -0.2) is 0 Å². The molecular weight excluding hydrogens is 346 g/mol. The molecule has 3 aromatic rings. The van der Waals surface area contributed by atoms with Gasteiger partial charge in [-0.1, -0.05) is 18.2 Å². The highest BCUT2D eigenvalue weighted by Gasteiger charge is 2.15. The number of aryl methyl sites for hydroxylation is 1. The zero-order valence-electron chi connectivity index (χ0n) is 15.3. The van der Waals surface area contributed by atoms with Crippen molar-refractivity contribution in [1.82, 2.24) is 13.6 Å². The Morgan fingerprint density at radius 1 is 1.12 bits per heavy atom. The first kappa shape index (κ1) is 18.5. The van der Waals surface area contributed by atoms with E-state index < -0.39 is 5.60 Å². The number of carbonyl (C=O) groups is 1. The number of hydrogen-bond acceptors (Lipinski definition) is 5. The fraction of sp³-hybridized carbons (Fsp3) is 0.350. The third-order valence-electron chi connectivity index (χ3n) is 4.28. The second-order valence-electron chi connectivity index (χ2n) is 7.26. The molecule has 0 aliphatic carbocycles. The van der Waals surface area contributed by atoms with Crippen LogP contribution in [0.5, 0.6) is 0 Å². The molecule has 2 aromatic carbocycles. The molecule has 3 rings (SSSR count). The van der Waals surface area contributed by atoms with Gasteiger partial charge >= 0.3 is 0 Å². The highest BCUT2D eigenvalue weighted by molar-refractivity contribution is 7.00. The molecule has 5 nitrogen and oxygen atoms in total. The van der Waals surface area contributed by atoms with Crippen LogP contribution in [0.15, 0.2) is 42.5 Å². The maximum Gasteiger partial charge on any atom is 0.253 e. The van der Waals surface area contributed by atoms with Crippen molar-refractivity contribution in [3.05, 3.63) is 59.2 Å². The van der Waals surface area contributed by atoms with Gasteiger partial charge in [0.15, 0.2) is 0 Å². The summed E-state index contributed by atoms with van der Waals surface area (Å²) in [5.41, 5.74) is 3.78. The molecule has 0 saturated heterocycles. The first-order valence-corrected chi connectivity index (χ1v) is 9.33. The number of hydrogen-bond donors (Lipinski definition) is 1. The molecule has 1 N–H and O–H groups in total. The quantitative estimate of drug-likeness (QED) is 0.720. The van der Waals surface area contributed by atoms with Gasteiger partial charge in [-0.2, -0.15) is 8.75 Å². The predicted molar refractivity (Wildman–Crippen MR) is 104 cm³/mol. The lowest BCUT2D eigenvalue weighted by Crippen LogP contribution is -2.26. The highest BCUT2D eigenvalue weighted by atomic mass is 32.1. The summed E-state index contributed by atoms with van der Waals surface area (Å²) in [4.78, 5) is 14.5. The number of amides is 1. The van der Waals surface area contributed by atoms with Gasteiger partial charge in [0.25, 0.3) is 5.91 Å². The topological polar surface area (TPSA) is 66.3 Å². The minimum Gasteiger partial charge on any atom is -0.390 e. The molecule has 0 spiro atoms. The standard InChI is InChI=1S/C20H23N3O2S/c1-20(2,25)10-9-14-5-4-6-16(11-14)19(24)23(3)13-15-7-8-17-18(12-15)22-26-21-17/h4-8,11-12,25H,9-10,13H2,1-3H3. The summed E-state index contributed by atoms with van der Waals surface area (Å²) in [6.45, 7) is 4.11. The van der Waals surface area contributed by atoms with Crippen LogP contribution in [-0.4, -0.2) is 37.3 Å². The summed E-state index contributed by atoms with van der Waals surface area (Å²) < 4.78 is 8.45. The third-order valence-corrected chi connectivity index (χ3v) is 4.84. The van der Waals surface area contributed by atoms with Crippen molar-refractivity contribution in [1.29, 1.82) is 0 Å². The van der Waals surface area contributed by atoms with Crippen LogP contribution in [0, 0.1) is 0 Å². The minimum atomic E-state index is -0.708. The third kappa shape index (κ3) is 4.65. The van der Waals surface area contributed by atoms with E-state index in [1.165, 1.54) is 11.7 Å². The molecule has 0 radical (unpaired) electrons. The molecule has 0 atom stereocenters. The molecule has 0 saturated carbocycles. The number of fused-ring (bicyclic) bond motifs is 1. The molecule has 1 heterocycles. The average molecular weight is 369 g/mol. The van der Waals surface area contributed by atoms with Crippen LogP contribution in [-0.2, 0) is 13.0 Å². The van der Waals surface area contributed by atoms with E-state index in [9.17, 15) is 9.90 Å². The van der Waals surface area contributed by atoms with Crippen molar-refractivity contribution in [2.45, 2.75) is 38.8 Å². The Kier molecular flexibility index (Phi) is 5.34. The van der Waals surface area contributed by atoms with E-state index in [1.54, 1.807) is 25.8 Å². The van der Waals surface area contributed by atoms with E-state index in [4.69, 9.17) is 0 Å². The summed E-state index contributed by atoms with van der Waals surface area (Å²) in [5.74, 6) is -0.0217. The van der Waals surface area contributed by atoms with Crippen molar-refractivity contribution in [3.8, 4) is 0 Å². The largest absolute Gasteiger partial charge is 0.390 e. The Morgan fingerprint density at radius 3 is 2.65 bits per heavy atom. The van der Waals surface area contributed by atoms with Crippen LogP contribution in [0.3, 0.4) is 0 Å². The number of carbonyl (C=O) groups excluding carboxylic acids is 1. The van der Waals surface area contributed by atoms with Crippen LogP contribution in [0.25, 0.3) is 11.0 Å². The number of aliphatic hydroxyl groups is 1. The van der Waals surface area contributed by atoms with Crippen molar-refractivity contribution in [3.63, 3.8) is 0 Å².